The molecule has 0 aliphatic rings. The second-order valence-corrected chi connectivity index (χ2v) is 5.74. The van der Waals surface area contributed by atoms with Crippen LogP contribution in [0.1, 0.15) is 33.3 Å². The van der Waals surface area contributed by atoms with E-state index in [4.69, 9.17) is 4.74 Å². The molecule has 1 rings (SSSR count). The molecule has 2 nitrogen and oxygen atoms in total. The third-order valence-corrected chi connectivity index (χ3v) is 2.49. The van der Waals surface area contributed by atoms with Gasteiger partial charge in [0.1, 0.15) is 0 Å². The van der Waals surface area contributed by atoms with E-state index >= 15 is 0 Å². The first-order valence-corrected chi connectivity index (χ1v) is 6.34. The molecular weight excluding hydrogens is 210 g/mol. The first-order valence-electron chi connectivity index (χ1n) is 6.34. The second kappa shape index (κ2) is 6.77. The maximum atomic E-state index is 5.71. The molecule has 0 radical (unpaired) electrons. The summed E-state index contributed by atoms with van der Waals surface area (Å²) in [5.74, 6) is 0.540. The topological polar surface area (TPSA) is 21.3 Å². The van der Waals surface area contributed by atoms with Crippen LogP contribution in [-0.2, 0) is 11.3 Å². The molecule has 0 aliphatic heterocycles. The van der Waals surface area contributed by atoms with E-state index in [0.29, 0.717) is 12.5 Å². The highest BCUT2D eigenvalue weighted by atomic mass is 16.5. The number of hydrogen-bond donors (Lipinski definition) is 1. The van der Waals surface area contributed by atoms with Crippen LogP contribution < -0.4 is 5.32 Å². The summed E-state index contributed by atoms with van der Waals surface area (Å²) in [5.41, 5.74) is 1.43. The van der Waals surface area contributed by atoms with Crippen LogP contribution in [0, 0.1) is 5.92 Å². The molecule has 1 unspecified atom stereocenters. The first-order chi connectivity index (χ1) is 7.97. The van der Waals surface area contributed by atoms with Gasteiger partial charge in [-0.2, -0.15) is 0 Å². The van der Waals surface area contributed by atoms with E-state index in [9.17, 15) is 0 Å². The van der Waals surface area contributed by atoms with Gasteiger partial charge in [0, 0.05) is 12.1 Å². The van der Waals surface area contributed by atoms with Gasteiger partial charge in [-0.15, -0.1) is 0 Å². The summed E-state index contributed by atoms with van der Waals surface area (Å²) in [4.78, 5) is 0. The molecular formula is C15H25NO. The van der Waals surface area contributed by atoms with Crippen molar-refractivity contribution in [2.75, 3.05) is 13.2 Å². The number of rotatable bonds is 6. The van der Waals surface area contributed by atoms with Gasteiger partial charge in [0.25, 0.3) is 0 Å². The minimum atomic E-state index is 0.188. The van der Waals surface area contributed by atoms with Crippen molar-refractivity contribution in [2.45, 2.75) is 39.8 Å². The Labute approximate surface area is 105 Å². The maximum absolute atomic E-state index is 5.71. The van der Waals surface area contributed by atoms with Crippen molar-refractivity contribution in [1.29, 1.82) is 0 Å². The molecule has 0 heterocycles. The zero-order chi connectivity index (χ0) is 12.7. The monoisotopic (exact) mass is 235 g/mol. The molecule has 1 N–H and O–H groups in total. The highest BCUT2D eigenvalue weighted by Gasteiger charge is 2.10. The zero-order valence-corrected chi connectivity index (χ0v) is 11.5. The number of nitrogens with one attached hydrogen (secondary N) is 1. The Balaban J connectivity index is 2.14. The fourth-order valence-corrected chi connectivity index (χ4v) is 1.49. The van der Waals surface area contributed by atoms with Crippen LogP contribution >= 0.6 is 0 Å². The standard InChI is InChI=1S/C15H25NO/c1-13(10-16-15(2,3)4)11-17-12-14-8-6-5-7-9-14/h5-9,13,16H,10-12H2,1-4H3. The van der Waals surface area contributed by atoms with Gasteiger partial charge in [-0.25, -0.2) is 0 Å². The molecule has 0 saturated heterocycles. The van der Waals surface area contributed by atoms with Crippen LogP contribution in [-0.4, -0.2) is 18.7 Å². The third kappa shape index (κ3) is 7.14. The Morgan fingerprint density at radius 3 is 2.41 bits per heavy atom. The van der Waals surface area contributed by atoms with Crippen molar-refractivity contribution in [1.82, 2.24) is 5.32 Å². The van der Waals surface area contributed by atoms with Gasteiger partial charge >= 0.3 is 0 Å². The molecule has 1 atom stereocenters. The van der Waals surface area contributed by atoms with Crippen molar-refractivity contribution >= 4 is 0 Å². The summed E-state index contributed by atoms with van der Waals surface area (Å²) in [5, 5.41) is 3.49. The average Bonchev–Trinajstić information content (AvgIpc) is 2.27. The molecule has 0 spiro atoms. The van der Waals surface area contributed by atoms with Gasteiger partial charge in [-0.1, -0.05) is 37.3 Å². The predicted molar refractivity (Wildman–Crippen MR) is 73.0 cm³/mol. The molecule has 0 bridgehead atoms. The number of benzene rings is 1. The lowest BCUT2D eigenvalue weighted by molar-refractivity contribution is 0.0898. The van der Waals surface area contributed by atoms with Crippen LogP contribution in [0.4, 0.5) is 0 Å². The van der Waals surface area contributed by atoms with E-state index in [1.54, 1.807) is 0 Å². The Morgan fingerprint density at radius 2 is 1.82 bits per heavy atom. The summed E-state index contributed by atoms with van der Waals surface area (Å²) in [6.07, 6.45) is 0. The third-order valence-electron chi connectivity index (χ3n) is 2.49. The molecule has 1 aromatic rings. The highest BCUT2D eigenvalue weighted by molar-refractivity contribution is 5.13. The minimum absolute atomic E-state index is 0.188. The van der Waals surface area contributed by atoms with Crippen LogP contribution in [0.5, 0.6) is 0 Å². The van der Waals surface area contributed by atoms with Gasteiger partial charge in [0.15, 0.2) is 0 Å². The largest absolute Gasteiger partial charge is 0.376 e. The van der Waals surface area contributed by atoms with E-state index in [1.807, 2.05) is 18.2 Å². The van der Waals surface area contributed by atoms with Crippen molar-refractivity contribution in [3.8, 4) is 0 Å². The quantitative estimate of drug-likeness (QED) is 0.817. The lowest BCUT2D eigenvalue weighted by Gasteiger charge is -2.23. The molecule has 0 aromatic heterocycles. The van der Waals surface area contributed by atoms with E-state index in [0.717, 1.165) is 13.2 Å². The Bertz CT molecular complexity index is 302. The van der Waals surface area contributed by atoms with Crippen LogP contribution in [0.3, 0.4) is 0 Å². The Hall–Kier alpha value is -0.860. The molecule has 1 aromatic carbocycles. The molecule has 0 fully saturated rings. The SMILES string of the molecule is CC(CNC(C)(C)C)COCc1ccccc1. The summed E-state index contributed by atoms with van der Waals surface area (Å²) >= 11 is 0. The zero-order valence-electron chi connectivity index (χ0n) is 11.5. The maximum Gasteiger partial charge on any atom is 0.0717 e. The number of ether oxygens (including phenoxy) is 1. The summed E-state index contributed by atoms with van der Waals surface area (Å²) in [7, 11) is 0. The minimum Gasteiger partial charge on any atom is -0.376 e. The second-order valence-electron chi connectivity index (χ2n) is 5.74. The summed E-state index contributed by atoms with van der Waals surface area (Å²) in [6, 6.07) is 10.3. The van der Waals surface area contributed by atoms with Gasteiger partial charge in [-0.05, 0) is 32.3 Å². The summed E-state index contributed by atoms with van der Waals surface area (Å²) in [6.45, 7) is 11.3. The smallest absolute Gasteiger partial charge is 0.0717 e. The first kappa shape index (κ1) is 14.2. The van der Waals surface area contributed by atoms with E-state index in [-0.39, 0.29) is 5.54 Å². The van der Waals surface area contributed by atoms with Crippen LogP contribution in [0.2, 0.25) is 0 Å². The molecule has 0 aliphatic carbocycles. The Kier molecular flexibility index (Phi) is 5.66. The van der Waals surface area contributed by atoms with Gasteiger partial charge in [0.2, 0.25) is 0 Å². The van der Waals surface area contributed by atoms with Gasteiger partial charge in [-0.3, -0.25) is 0 Å². The van der Waals surface area contributed by atoms with Crippen molar-refractivity contribution in [2.24, 2.45) is 5.92 Å². The molecule has 96 valence electrons. The Morgan fingerprint density at radius 1 is 1.18 bits per heavy atom. The van der Waals surface area contributed by atoms with Crippen molar-refractivity contribution in [3.05, 3.63) is 35.9 Å². The highest BCUT2D eigenvalue weighted by Crippen LogP contribution is 2.04. The number of hydrogen-bond acceptors (Lipinski definition) is 2. The lowest BCUT2D eigenvalue weighted by Crippen LogP contribution is -2.39. The normalized spacial score (nSPS) is 13.6. The molecule has 17 heavy (non-hydrogen) atoms. The van der Waals surface area contributed by atoms with Gasteiger partial charge < -0.3 is 10.1 Å². The van der Waals surface area contributed by atoms with E-state index in [1.165, 1.54) is 5.56 Å². The van der Waals surface area contributed by atoms with Crippen LogP contribution in [0.15, 0.2) is 30.3 Å². The van der Waals surface area contributed by atoms with E-state index < -0.39 is 0 Å². The van der Waals surface area contributed by atoms with Crippen LogP contribution in [0.25, 0.3) is 0 Å². The predicted octanol–water partition coefficient (Wildman–Crippen LogP) is 3.23. The van der Waals surface area contributed by atoms with E-state index in [2.05, 4.69) is 45.1 Å². The average molecular weight is 235 g/mol. The molecule has 0 amide bonds. The lowest BCUT2D eigenvalue weighted by atomic mass is 10.1. The van der Waals surface area contributed by atoms with Gasteiger partial charge in [0.05, 0.1) is 13.2 Å². The van der Waals surface area contributed by atoms with Crippen molar-refractivity contribution in [3.63, 3.8) is 0 Å². The fraction of sp³-hybridized carbons (Fsp3) is 0.600. The fourth-order valence-electron chi connectivity index (χ4n) is 1.49. The van der Waals surface area contributed by atoms with Crippen molar-refractivity contribution < 1.29 is 4.74 Å². The molecule has 0 saturated carbocycles. The summed E-state index contributed by atoms with van der Waals surface area (Å²) < 4.78 is 5.71. The molecule has 2 heteroatoms.